The summed E-state index contributed by atoms with van der Waals surface area (Å²) in [5, 5.41) is 33.3. The molecule has 6 amide bonds. The Balaban J connectivity index is 5.95. The molecule has 0 aromatic heterocycles. The summed E-state index contributed by atoms with van der Waals surface area (Å²) in [5.74, 6) is -6.54. The van der Waals surface area contributed by atoms with Crippen molar-refractivity contribution in [1.29, 1.82) is 0 Å². The predicted octanol–water partition coefficient (Wildman–Crippen LogP) is -5.77. The lowest BCUT2D eigenvalue weighted by molar-refractivity contribution is -0.138. The van der Waals surface area contributed by atoms with Crippen molar-refractivity contribution in [2.75, 3.05) is 32.8 Å². The molecular formula is C32H62N14O9. The number of hydrogen-bond donors (Lipinski definition) is 14. The van der Waals surface area contributed by atoms with Gasteiger partial charge in [-0.25, -0.2) is 0 Å². The molecule has 0 aliphatic heterocycles. The average molecular weight is 787 g/mol. The Morgan fingerprint density at radius 3 is 1.55 bits per heavy atom. The number of rotatable bonds is 28. The van der Waals surface area contributed by atoms with E-state index in [9.17, 15) is 38.7 Å². The second-order valence-corrected chi connectivity index (χ2v) is 13.2. The van der Waals surface area contributed by atoms with Gasteiger partial charge in [0, 0.05) is 13.1 Å². The molecule has 0 saturated carbocycles. The number of aliphatic carboxylic acids is 1. The summed E-state index contributed by atoms with van der Waals surface area (Å²) in [5.41, 5.74) is 33.1. The van der Waals surface area contributed by atoms with Crippen LogP contribution in [-0.2, 0) is 33.6 Å². The lowest BCUT2D eigenvalue weighted by Gasteiger charge is -2.26. The standard InChI is InChI=1S/C32H62N14O9/c1-17(2)14-22(27(52)41-15-24(48)49)45-30(55)23(16-47)46-25(50)18(3)42-28(53)20(9-6-12-39-31(35)36)44-29(54)21(10-7-13-40-32(37)38)43-26(51)19(34)8-4-5-11-33/h17-23,47H,4-16,33-34H2,1-3H3,(H,41,52)(H,42,53)(H,43,51)(H,44,54)(H,45,55)(H,46,50)(H,48,49)(H4,35,36,39)(H4,37,38,40). The van der Waals surface area contributed by atoms with Crippen molar-refractivity contribution in [1.82, 2.24) is 31.9 Å². The smallest absolute Gasteiger partial charge is 0.322 e. The van der Waals surface area contributed by atoms with E-state index in [0.717, 1.165) is 0 Å². The van der Waals surface area contributed by atoms with E-state index < -0.39 is 90.8 Å². The van der Waals surface area contributed by atoms with Crippen LogP contribution < -0.4 is 66.3 Å². The molecule has 0 saturated heterocycles. The summed E-state index contributed by atoms with van der Waals surface area (Å²) in [6.07, 6.45) is 2.20. The van der Waals surface area contributed by atoms with Crippen molar-refractivity contribution in [2.45, 2.75) is 108 Å². The van der Waals surface area contributed by atoms with Crippen molar-refractivity contribution in [3.8, 4) is 0 Å². The number of nitrogens with one attached hydrogen (secondary N) is 6. The van der Waals surface area contributed by atoms with Crippen LogP contribution in [0.15, 0.2) is 9.98 Å². The van der Waals surface area contributed by atoms with Gasteiger partial charge in [0.25, 0.3) is 0 Å². The van der Waals surface area contributed by atoms with Gasteiger partial charge >= 0.3 is 5.97 Å². The van der Waals surface area contributed by atoms with Crippen LogP contribution in [0.1, 0.15) is 72.1 Å². The monoisotopic (exact) mass is 786 g/mol. The summed E-state index contributed by atoms with van der Waals surface area (Å²) in [6, 6.07) is -7.42. The molecular weight excluding hydrogens is 724 g/mol. The van der Waals surface area contributed by atoms with E-state index in [4.69, 9.17) is 39.5 Å². The predicted molar refractivity (Wildman–Crippen MR) is 203 cm³/mol. The van der Waals surface area contributed by atoms with Gasteiger partial charge in [-0.15, -0.1) is 0 Å². The van der Waals surface area contributed by atoms with Gasteiger partial charge in [0.15, 0.2) is 11.9 Å². The van der Waals surface area contributed by atoms with E-state index >= 15 is 0 Å². The number of aliphatic imine (C=N–C) groups is 2. The topological polar surface area (TPSA) is 413 Å². The van der Waals surface area contributed by atoms with Gasteiger partial charge in [0.05, 0.1) is 12.6 Å². The molecule has 0 aromatic carbocycles. The number of unbranched alkanes of at least 4 members (excludes halogenated alkanes) is 1. The number of aliphatic hydroxyl groups is 1. The Kier molecular flexibility index (Phi) is 24.7. The zero-order valence-corrected chi connectivity index (χ0v) is 31.8. The zero-order valence-electron chi connectivity index (χ0n) is 31.8. The van der Waals surface area contributed by atoms with E-state index in [0.29, 0.717) is 25.8 Å². The van der Waals surface area contributed by atoms with Gasteiger partial charge in [0.1, 0.15) is 36.8 Å². The number of amides is 6. The molecule has 20 N–H and O–H groups in total. The van der Waals surface area contributed by atoms with Gasteiger partial charge in [0.2, 0.25) is 35.4 Å². The lowest BCUT2D eigenvalue weighted by atomic mass is 10.0. The quantitative estimate of drug-likeness (QED) is 0.0200. The highest BCUT2D eigenvalue weighted by Crippen LogP contribution is 2.08. The third kappa shape index (κ3) is 22.5. The molecule has 0 bridgehead atoms. The maximum Gasteiger partial charge on any atom is 0.322 e. The zero-order chi connectivity index (χ0) is 42.1. The highest BCUT2D eigenvalue weighted by molar-refractivity contribution is 5.96. The van der Waals surface area contributed by atoms with Crippen LogP contribution in [0.2, 0.25) is 0 Å². The lowest BCUT2D eigenvalue weighted by Crippen LogP contribution is -2.59. The van der Waals surface area contributed by atoms with Crippen LogP contribution >= 0.6 is 0 Å². The number of carbonyl (C=O) groups is 7. The molecule has 6 unspecified atom stereocenters. The van der Waals surface area contributed by atoms with Crippen molar-refractivity contribution in [2.24, 2.45) is 50.3 Å². The minimum atomic E-state index is -1.56. The van der Waals surface area contributed by atoms with Gasteiger partial charge in [-0.2, -0.15) is 0 Å². The fourth-order valence-electron chi connectivity index (χ4n) is 4.87. The molecule has 6 atom stereocenters. The van der Waals surface area contributed by atoms with Gasteiger partial charge in [-0.1, -0.05) is 20.3 Å². The molecule has 314 valence electrons. The molecule has 0 aliphatic carbocycles. The van der Waals surface area contributed by atoms with Crippen LogP contribution in [0.5, 0.6) is 0 Å². The summed E-state index contributed by atoms with van der Waals surface area (Å²) in [7, 11) is 0. The third-order valence-corrected chi connectivity index (χ3v) is 7.78. The number of nitrogens with zero attached hydrogens (tertiary/aromatic N) is 2. The maximum absolute atomic E-state index is 13.6. The minimum Gasteiger partial charge on any atom is -0.480 e. The van der Waals surface area contributed by atoms with Crippen molar-refractivity contribution in [3.05, 3.63) is 0 Å². The number of aliphatic hydroxyl groups excluding tert-OH is 1. The number of carbonyl (C=O) groups excluding carboxylic acids is 6. The number of carboxylic acid groups (broad SMARTS) is 1. The van der Waals surface area contributed by atoms with E-state index in [2.05, 4.69) is 41.9 Å². The molecule has 0 radical (unpaired) electrons. The first kappa shape index (κ1) is 49.7. The van der Waals surface area contributed by atoms with Crippen LogP contribution in [0.4, 0.5) is 0 Å². The number of guanidine groups is 2. The van der Waals surface area contributed by atoms with Gasteiger partial charge < -0.3 is 76.5 Å². The normalized spacial score (nSPS) is 14.1. The second kappa shape index (κ2) is 27.3. The Hall–Kier alpha value is -5.29. The molecule has 0 spiro atoms. The SMILES string of the molecule is CC(C)CC(NC(=O)C(CO)NC(=O)C(C)NC(=O)C(CCCN=C(N)N)NC(=O)C(CCCN=C(N)N)NC(=O)C(N)CCCCN)C(=O)NCC(=O)O. The molecule has 55 heavy (non-hydrogen) atoms. The summed E-state index contributed by atoms with van der Waals surface area (Å²) >= 11 is 0. The summed E-state index contributed by atoms with van der Waals surface area (Å²) < 4.78 is 0. The molecule has 0 fully saturated rings. The number of carboxylic acids is 1. The fraction of sp³-hybridized carbons (Fsp3) is 0.719. The molecule has 23 heteroatoms. The van der Waals surface area contributed by atoms with E-state index in [1.54, 1.807) is 13.8 Å². The molecule has 0 aromatic rings. The van der Waals surface area contributed by atoms with Crippen molar-refractivity contribution in [3.63, 3.8) is 0 Å². The van der Waals surface area contributed by atoms with Gasteiger partial charge in [-0.05, 0) is 64.3 Å². The number of nitrogens with two attached hydrogens (primary N) is 6. The molecule has 0 rings (SSSR count). The third-order valence-electron chi connectivity index (χ3n) is 7.78. The Labute approximate surface area is 320 Å². The number of hydrogen-bond acceptors (Lipinski definition) is 12. The average Bonchev–Trinajstić information content (AvgIpc) is 3.10. The molecule has 23 nitrogen and oxygen atoms in total. The van der Waals surface area contributed by atoms with Crippen LogP contribution in [-0.4, -0.2) is 133 Å². The first-order chi connectivity index (χ1) is 25.8. The van der Waals surface area contributed by atoms with Crippen LogP contribution in [0, 0.1) is 5.92 Å². The highest BCUT2D eigenvalue weighted by Gasteiger charge is 2.31. The van der Waals surface area contributed by atoms with E-state index in [1.165, 1.54) is 6.92 Å². The Bertz CT molecular complexity index is 1320. The first-order valence-corrected chi connectivity index (χ1v) is 18.0. The largest absolute Gasteiger partial charge is 0.480 e. The van der Waals surface area contributed by atoms with Crippen LogP contribution in [0.3, 0.4) is 0 Å². The minimum absolute atomic E-state index is 0.0151. The van der Waals surface area contributed by atoms with Crippen LogP contribution in [0.25, 0.3) is 0 Å². The summed E-state index contributed by atoms with van der Waals surface area (Å²) in [6.45, 7) is 3.90. The van der Waals surface area contributed by atoms with Crippen molar-refractivity contribution < 1.29 is 43.8 Å². The molecule has 0 heterocycles. The van der Waals surface area contributed by atoms with E-state index in [-0.39, 0.29) is 63.0 Å². The first-order valence-electron chi connectivity index (χ1n) is 18.0. The highest BCUT2D eigenvalue weighted by atomic mass is 16.4. The fourth-order valence-corrected chi connectivity index (χ4v) is 4.87. The Morgan fingerprint density at radius 1 is 0.600 bits per heavy atom. The van der Waals surface area contributed by atoms with E-state index in [1.807, 2.05) is 0 Å². The second-order valence-electron chi connectivity index (χ2n) is 13.2. The van der Waals surface area contributed by atoms with Gasteiger partial charge in [-0.3, -0.25) is 43.5 Å². The summed E-state index contributed by atoms with van der Waals surface area (Å²) in [4.78, 5) is 97.2. The van der Waals surface area contributed by atoms with Crippen molar-refractivity contribution >= 4 is 53.3 Å². The maximum atomic E-state index is 13.6. The Morgan fingerprint density at radius 2 is 1.07 bits per heavy atom. The molecule has 0 aliphatic rings.